The SMILES string of the molecule is C=C(CC(=O)NCCCCCCCCSC(C)O)C(=O)O. The predicted octanol–water partition coefficient (Wildman–Crippen LogP) is 2.55. The molecule has 0 aromatic carbocycles. The summed E-state index contributed by atoms with van der Waals surface area (Å²) >= 11 is 1.57. The summed E-state index contributed by atoms with van der Waals surface area (Å²) in [6.45, 7) is 5.69. The lowest BCUT2D eigenvalue weighted by Gasteiger charge is -2.06. The van der Waals surface area contributed by atoms with E-state index < -0.39 is 5.97 Å². The number of aliphatic carboxylic acids is 1. The second-order valence-electron chi connectivity index (χ2n) is 5.03. The topological polar surface area (TPSA) is 86.6 Å². The van der Waals surface area contributed by atoms with E-state index in [4.69, 9.17) is 10.2 Å². The van der Waals surface area contributed by atoms with Crippen LogP contribution in [0.2, 0.25) is 0 Å². The second-order valence-corrected chi connectivity index (χ2v) is 6.45. The maximum atomic E-state index is 11.4. The Morgan fingerprint density at radius 2 is 1.71 bits per heavy atom. The minimum atomic E-state index is -1.13. The largest absolute Gasteiger partial charge is 0.478 e. The zero-order chi connectivity index (χ0) is 16.1. The molecule has 0 aromatic heterocycles. The summed E-state index contributed by atoms with van der Waals surface area (Å²) in [7, 11) is 0. The zero-order valence-electron chi connectivity index (χ0n) is 12.8. The van der Waals surface area contributed by atoms with Gasteiger partial charge in [0.05, 0.1) is 11.9 Å². The van der Waals surface area contributed by atoms with Gasteiger partial charge in [0, 0.05) is 12.1 Å². The molecule has 3 N–H and O–H groups in total. The number of amides is 1. The number of hydrogen-bond acceptors (Lipinski definition) is 4. The molecular formula is C15H27NO4S. The number of aliphatic hydroxyl groups excluding tert-OH is 1. The summed E-state index contributed by atoms with van der Waals surface area (Å²) in [5.41, 5.74) is -0.353. The first-order chi connectivity index (χ1) is 9.93. The van der Waals surface area contributed by atoms with E-state index in [0.29, 0.717) is 6.54 Å². The van der Waals surface area contributed by atoms with Crippen LogP contribution in [0.1, 0.15) is 51.9 Å². The number of rotatable bonds is 13. The lowest BCUT2D eigenvalue weighted by molar-refractivity contribution is -0.134. The van der Waals surface area contributed by atoms with Crippen LogP contribution in [0.3, 0.4) is 0 Å². The lowest BCUT2D eigenvalue weighted by Crippen LogP contribution is -2.25. The molecule has 0 aliphatic carbocycles. The summed E-state index contributed by atoms with van der Waals surface area (Å²) in [5.74, 6) is -0.405. The average molecular weight is 317 g/mol. The van der Waals surface area contributed by atoms with Crippen LogP contribution >= 0.6 is 11.8 Å². The third-order valence-corrected chi connectivity index (χ3v) is 3.94. The van der Waals surface area contributed by atoms with Gasteiger partial charge in [0.1, 0.15) is 0 Å². The van der Waals surface area contributed by atoms with Crippen molar-refractivity contribution in [2.24, 2.45) is 0 Å². The van der Waals surface area contributed by atoms with E-state index in [0.717, 1.165) is 31.4 Å². The van der Waals surface area contributed by atoms with E-state index in [1.54, 1.807) is 18.7 Å². The normalized spacial score (nSPS) is 11.9. The third kappa shape index (κ3) is 13.7. The van der Waals surface area contributed by atoms with Crippen LogP contribution in [-0.2, 0) is 9.59 Å². The molecule has 0 aliphatic rings. The van der Waals surface area contributed by atoms with Gasteiger partial charge in [-0.3, -0.25) is 4.79 Å². The molecule has 0 aromatic rings. The number of aliphatic hydroxyl groups is 1. The number of nitrogens with one attached hydrogen (secondary N) is 1. The maximum absolute atomic E-state index is 11.4. The highest BCUT2D eigenvalue weighted by Crippen LogP contribution is 2.12. The standard InChI is InChI=1S/C15H27NO4S/c1-12(15(19)20)11-14(18)16-9-7-5-3-4-6-8-10-21-13(2)17/h13,17H,1,3-11H2,2H3,(H,16,18)(H,19,20). The molecule has 0 bridgehead atoms. The van der Waals surface area contributed by atoms with E-state index in [1.165, 1.54) is 12.8 Å². The van der Waals surface area contributed by atoms with E-state index >= 15 is 0 Å². The van der Waals surface area contributed by atoms with E-state index in [-0.39, 0.29) is 23.3 Å². The second kappa shape index (κ2) is 12.7. The van der Waals surface area contributed by atoms with Crippen LogP contribution in [0.15, 0.2) is 12.2 Å². The van der Waals surface area contributed by atoms with Crippen LogP contribution in [0.5, 0.6) is 0 Å². The van der Waals surface area contributed by atoms with Crippen molar-refractivity contribution in [1.29, 1.82) is 0 Å². The van der Waals surface area contributed by atoms with Gasteiger partial charge in [-0.2, -0.15) is 0 Å². The van der Waals surface area contributed by atoms with Gasteiger partial charge in [-0.15, -0.1) is 11.8 Å². The Labute approximate surface area is 131 Å². The Bertz CT molecular complexity index is 332. The molecule has 0 spiro atoms. The fourth-order valence-electron chi connectivity index (χ4n) is 1.75. The van der Waals surface area contributed by atoms with Crippen molar-refractivity contribution in [3.8, 4) is 0 Å². The van der Waals surface area contributed by atoms with Gasteiger partial charge in [-0.25, -0.2) is 4.79 Å². The summed E-state index contributed by atoms with van der Waals surface area (Å²) < 4.78 is 0. The molecule has 21 heavy (non-hydrogen) atoms. The molecule has 0 saturated carbocycles. The number of carbonyl (C=O) groups is 2. The average Bonchev–Trinajstić information content (AvgIpc) is 2.40. The summed E-state index contributed by atoms with van der Waals surface area (Å²) in [5, 5.41) is 20.4. The minimum absolute atomic E-state index is 0.0810. The van der Waals surface area contributed by atoms with Crippen molar-refractivity contribution in [3.05, 3.63) is 12.2 Å². The van der Waals surface area contributed by atoms with Crippen molar-refractivity contribution >= 4 is 23.6 Å². The Hall–Kier alpha value is -1.01. The number of carboxylic acids is 1. The van der Waals surface area contributed by atoms with Gasteiger partial charge in [0.2, 0.25) is 5.91 Å². The zero-order valence-corrected chi connectivity index (χ0v) is 13.6. The van der Waals surface area contributed by atoms with Gasteiger partial charge < -0.3 is 15.5 Å². The highest BCUT2D eigenvalue weighted by molar-refractivity contribution is 7.99. The molecule has 1 atom stereocenters. The molecule has 5 nitrogen and oxygen atoms in total. The van der Waals surface area contributed by atoms with Crippen molar-refractivity contribution in [3.63, 3.8) is 0 Å². The first kappa shape index (κ1) is 20.0. The van der Waals surface area contributed by atoms with Crippen LogP contribution < -0.4 is 5.32 Å². The quantitative estimate of drug-likeness (QED) is 0.276. The van der Waals surface area contributed by atoms with Crippen molar-refractivity contribution in [2.45, 2.75) is 57.3 Å². The molecule has 0 fully saturated rings. The molecule has 0 heterocycles. The maximum Gasteiger partial charge on any atom is 0.331 e. The highest BCUT2D eigenvalue weighted by Gasteiger charge is 2.09. The highest BCUT2D eigenvalue weighted by atomic mass is 32.2. The summed E-state index contributed by atoms with van der Waals surface area (Å²) in [6, 6.07) is 0. The Morgan fingerprint density at radius 1 is 1.14 bits per heavy atom. The molecule has 122 valence electrons. The molecular weight excluding hydrogens is 290 g/mol. The number of carboxylic acid groups (broad SMARTS) is 1. The molecule has 0 saturated heterocycles. The summed E-state index contributed by atoms with van der Waals surface area (Å²) in [6.07, 6.45) is 6.43. The fraction of sp³-hybridized carbons (Fsp3) is 0.733. The van der Waals surface area contributed by atoms with Gasteiger partial charge in [-0.1, -0.05) is 32.3 Å². The van der Waals surface area contributed by atoms with Crippen LogP contribution in [0.25, 0.3) is 0 Å². The monoisotopic (exact) mass is 317 g/mol. The van der Waals surface area contributed by atoms with Gasteiger partial charge in [0.25, 0.3) is 0 Å². The molecule has 1 amide bonds. The van der Waals surface area contributed by atoms with Crippen molar-refractivity contribution in [1.82, 2.24) is 5.32 Å². The molecule has 6 heteroatoms. The van der Waals surface area contributed by atoms with Crippen LogP contribution in [0.4, 0.5) is 0 Å². The molecule has 0 radical (unpaired) electrons. The predicted molar refractivity (Wildman–Crippen MR) is 86.2 cm³/mol. The Morgan fingerprint density at radius 3 is 2.29 bits per heavy atom. The molecule has 1 unspecified atom stereocenters. The smallest absolute Gasteiger partial charge is 0.331 e. The first-order valence-corrected chi connectivity index (χ1v) is 8.45. The first-order valence-electron chi connectivity index (χ1n) is 7.41. The van der Waals surface area contributed by atoms with Crippen molar-refractivity contribution in [2.75, 3.05) is 12.3 Å². The van der Waals surface area contributed by atoms with Crippen molar-refractivity contribution < 1.29 is 19.8 Å². The Kier molecular flexibility index (Phi) is 12.1. The van der Waals surface area contributed by atoms with Gasteiger partial charge >= 0.3 is 5.97 Å². The van der Waals surface area contributed by atoms with E-state index in [1.807, 2.05) is 0 Å². The van der Waals surface area contributed by atoms with Gasteiger partial charge in [-0.05, 0) is 25.5 Å². The number of hydrogen-bond donors (Lipinski definition) is 3. The lowest BCUT2D eigenvalue weighted by atomic mass is 10.1. The molecule has 0 rings (SSSR count). The molecule has 0 aliphatic heterocycles. The van der Waals surface area contributed by atoms with Gasteiger partial charge in [0.15, 0.2) is 0 Å². The third-order valence-electron chi connectivity index (χ3n) is 2.93. The minimum Gasteiger partial charge on any atom is -0.478 e. The number of carbonyl (C=O) groups excluding carboxylic acids is 1. The Balaban J connectivity index is 3.31. The van der Waals surface area contributed by atoms with Crippen LogP contribution in [-0.4, -0.2) is 39.8 Å². The van der Waals surface area contributed by atoms with E-state index in [9.17, 15) is 9.59 Å². The van der Waals surface area contributed by atoms with Crippen LogP contribution in [0, 0.1) is 0 Å². The summed E-state index contributed by atoms with van der Waals surface area (Å²) in [4.78, 5) is 21.9. The fourth-order valence-corrected chi connectivity index (χ4v) is 2.46. The number of unbranched alkanes of at least 4 members (excludes halogenated alkanes) is 5. The van der Waals surface area contributed by atoms with E-state index in [2.05, 4.69) is 11.9 Å². The number of thioether (sulfide) groups is 1.